The van der Waals surface area contributed by atoms with Crippen LogP contribution in [0.1, 0.15) is 16.8 Å². The fourth-order valence-corrected chi connectivity index (χ4v) is 6.11. The normalized spacial score (nSPS) is 14.0. The smallest absolute Gasteiger partial charge is 0.336 e. The molecule has 3 amide bonds. The molecule has 48 heavy (non-hydrogen) atoms. The van der Waals surface area contributed by atoms with Gasteiger partial charge in [0.05, 0.1) is 18.5 Å². The van der Waals surface area contributed by atoms with Crippen LogP contribution < -0.4 is 21.7 Å². The summed E-state index contributed by atoms with van der Waals surface area (Å²) in [6, 6.07) is 17.0. The Morgan fingerprint density at radius 1 is 1.02 bits per heavy atom. The molecule has 0 radical (unpaired) electrons. The van der Waals surface area contributed by atoms with Crippen molar-refractivity contribution in [1.82, 2.24) is 20.2 Å². The number of phenols is 1. The second-order valence-corrected chi connectivity index (χ2v) is 12.2. The van der Waals surface area contributed by atoms with Gasteiger partial charge in [0.2, 0.25) is 0 Å². The number of piperazine rings is 1. The molecule has 2 aromatic heterocycles. The largest absolute Gasteiger partial charge is 0.507 e. The molecule has 4 N–H and O–H groups in total. The lowest BCUT2D eigenvalue weighted by molar-refractivity contribution is -0.122. The van der Waals surface area contributed by atoms with Gasteiger partial charge >= 0.3 is 11.7 Å². The molecule has 1 aliphatic rings. The van der Waals surface area contributed by atoms with Crippen molar-refractivity contribution in [3.63, 3.8) is 0 Å². The number of carbonyl (C=O) groups is 2. The summed E-state index contributed by atoms with van der Waals surface area (Å²) < 4.78 is 18.5. The van der Waals surface area contributed by atoms with Crippen molar-refractivity contribution in [1.29, 1.82) is 0 Å². The predicted octanol–water partition coefficient (Wildman–Crippen LogP) is 4.98. The SMILES string of the molecule is Cc1cc(=O)oc2cc(O)c(/C=N/NC(=O)CN3CCN(Cc4csc(-c5ccc(NC(=O)Nc6cccc(F)c6)cc5)n4)CC3)cc12. The summed E-state index contributed by atoms with van der Waals surface area (Å²) in [5, 5.41) is 23.2. The average molecular weight is 670 g/mol. The Hall–Kier alpha value is -5.44. The van der Waals surface area contributed by atoms with E-state index in [9.17, 15) is 23.9 Å². The topological polar surface area (TPSA) is 152 Å². The molecule has 1 aliphatic heterocycles. The molecular formula is C34H32FN7O5S. The molecule has 0 saturated carbocycles. The van der Waals surface area contributed by atoms with E-state index in [2.05, 4.69) is 31.0 Å². The molecule has 5 aromatic rings. The quantitative estimate of drug-likeness (QED) is 0.0975. The van der Waals surface area contributed by atoms with E-state index in [0.29, 0.717) is 47.5 Å². The van der Waals surface area contributed by atoms with E-state index in [0.717, 1.165) is 29.4 Å². The van der Waals surface area contributed by atoms with Crippen LogP contribution in [-0.2, 0) is 11.3 Å². The van der Waals surface area contributed by atoms with Gasteiger partial charge in [0.25, 0.3) is 5.91 Å². The third kappa shape index (κ3) is 8.28. The van der Waals surface area contributed by atoms with Crippen LogP contribution in [0.3, 0.4) is 0 Å². The molecular weight excluding hydrogens is 637 g/mol. The van der Waals surface area contributed by atoms with Crippen LogP contribution in [0.25, 0.3) is 21.5 Å². The first-order valence-corrected chi connectivity index (χ1v) is 16.0. The second-order valence-electron chi connectivity index (χ2n) is 11.3. The molecule has 0 unspecified atom stereocenters. The number of carbonyl (C=O) groups excluding carboxylic acids is 2. The van der Waals surface area contributed by atoms with Crippen LogP contribution in [0.4, 0.5) is 20.6 Å². The van der Waals surface area contributed by atoms with E-state index in [-0.39, 0.29) is 23.8 Å². The maximum atomic E-state index is 13.4. The second kappa shape index (κ2) is 14.5. The van der Waals surface area contributed by atoms with Gasteiger partial charge < -0.3 is 20.2 Å². The van der Waals surface area contributed by atoms with Crippen LogP contribution in [0.2, 0.25) is 0 Å². The van der Waals surface area contributed by atoms with Crippen molar-refractivity contribution in [3.05, 3.63) is 105 Å². The number of aromatic nitrogens is 1. The van der Waals surface area contributed by atoms with E-state index < -0.39 is 17.5 Å². The Balaban J connectivity index is 0.937. The molecule has 0 atom stereocenters. The number of amides is 3. The minimum absolute atomic E-state index is 0.117. The summed E-state index contributed by atoms with van der Waals surface area (Å²) in [4.78, 5) is 45.5. The standard InChI is InChI=1S/C34H32FN7O5S/c1-21-13-32(45)47-30-16-29(43)23(14-28(21)30)17-36-40-31(44)19-42-11-9-41(10-12-42)18-27-20-48-33(37-27)22-5-7-25(8-6-22)38-34(46)39-26-4-2-3-24(35)15-26/h2-8,13-17,20,43H,9-12,18-19H2,1H3,(H,40,44)(H2,38,39,46)/b36-17+. The van der Waals surface area contributed by atoms with Gasteiger partial charge in [0.1, 0.15) is 22.2 Å². The van der Waals surface area contributed by atoms with Gasteiger partial charge in [-0.05, 0) is 61.0 Å². The Morgan fingerprint density at radius 2 is 1.77 bits per heavy atom. The number of thiazole rings is 1. The van der Waals surface area contributed by atoms with Crippen molar-refractivity contribution in [3.8, 4) is 16.3 Å². The Kier molecular flexibility index (Phi) is 9.85. The number of halogens is 1. The molecule has 0 spiro atoms. The number of benzene rings is 3. The van der Waals surface area contributed by atoms with Crippen LogP contribution in [0, 0.1) is 12.7 Å². The zero-order valence-corrected chi connectivity index (χ0v) is 26.7. The lowest BCUT2D eigenvalue weighted by Gasteiger charge is -2.33. The lowest BCUT2D eigenvalue weighted by Crippen LogP contribution is -2.48. The zero-order valence-electron chi connectivity index (χ0n) is 25.9. The monoisotopic (exact) mass is 669 g/mol. The number of aromatic hydroxyl groups is 1. The van der Waals surface area contributed by atoms with E-state index in [1.54, 1.807) is 42.5 Å². The van der Waals surface area contributed by atoms with Crippen molar-refractivity contribution in [2.75, 3.05) is 43.4 Å². The number of hydrazone groups is 1. The number of rotatable bonds is 9. The molecule has 3 aromatic carbocycles. The summed E-state index contributed by atoms with van der Waals surface area (Å²) in [5.41, 5.74) is 6.25. The molecule has 0 aliphatic carbocycles. The third-order valence-corrected chi connectivity index (χ3v) is 8.67. The number of nitrogens with one attached hydrogen (secondary N) is 3. The molecule has 3 heterocycles. The average Bonchev–Trinajstić information content (AvgIpc) is 3.51. The van der Waals surface area contributed by atoms with Crippen molar-refractivity contribution >= 4 is 51.8 Å². The first-order chi connectivity index (χ1) is 23.2. The predicted molar refractivity (Wildman–Crippen MR) is 183 cm³/mol. The molecule has 1 saturated heterocycles. The number of hydrogen-bond donors (Lipinski definition) is 4. The lowest BCUT2D eigenvalue weighted by atomic mass is 10.1. The number of hydrogen-bond acceptors (Lipinski definition) is 10. The van der Waals surface area contributed by atoms with E-state index >= 15 is 0 Å². The van der Waals surface area contributed by atoms with E-state index in [4.69, 9.17) is 9.40 Å². The van der Waals surface area contributed by atoms with Gasteiger partial charge in [-0.2, -0.15) is 5.10 Å². The number of phenolic OH excluding ortho intramolecular Hbond substituents is 1. The zero-order chi connectivity index (χ0) is 33.6. The maximum Gasteiger partial charge on any atom is 0.336 e. The highest BCUT2D eigenvalue weighted by Gasteiger charge is 2.20. The van der Waals surface area contributed by atoms with Gasteiger partial charge in [0.15, 0.2) is 0 Å². The number of aryl methyl sites for hydroxylation is 1. The summed E-state index contributed by atoms with van der Waals surface area (Å²) in [6.07, 6.45) is 1.36. The third-order valence-electron chi connectivity index (χ3n) is 7.73. The van der Waals surface area contributed by atoms with Gasteiger partial charge in [-0.3, -0.25) is 14.6 Å². The Labute approximate surface area is 278 Å². The number of nitrogens with zero attached hydrogens (tertiary/aromatic N) is 4. The molecule has 246 valence electrons. The van der Waals surface area contributed by atoms with Crippen LogP contribution in [0.5, 0.6) is 5.75 Å². The highest BCUT2D eigenvalue weighted by atomic mass is 32.1. The van der Waals surface area contributed by atoms with Crippen LogP contribution in [0.15, 0.2) is 86.4 Å². The molecule has 1 fully saturated rings. The number of anilines is 2. The van der Waals surface area contributed by atoms with Crippen molar-refractivity contribution in [2.24, 2.45) is 5.10 Å². The molecule has 6 rings (SSSR count). The minimum atomic E-state index is -0.492. The van der Waals surface area contributed by atoms with Gasteiger partial charge in [0, 0.05) is 78.1 Å². The maximum absolute atomic E-state index is 13.4. The first-order valence-electron chi connectivity index (χ1n) is 15.1. The van der Waals surface area contributed by atoms with E-state index in [1.807, 2.05) is 17.5 Å². The van der Waals surface area contributed by atoms with Crippen LogP contribution >= 0.6 is 11.3 Å². The summed E-state index contributed by atoms with van der Waals surface area (Å²) in [7, 11) is 0. The van der Waals surface area contributed by atoms with E-state index in [1.165, 1.54) is 36.5 Å². The fourth-order valence-electron chi connectivity index (χ4n) is 5.29. The van der Waals surface area contributed by atoms with Gasteiger partial charge in [-0.1, -0.05) is 6.07 Å². The highest BCUT2D eigenvalue weighted by Crippen LogP contribution is 2.27. The molecule has 0 bridgehead atoms. The van der Waals surface area contributed by atoms with Gasteiger partial charge in [-0.15, -0.1) is 11.3 Å². The molecule has 12 nitrogen and oxygen atoms in total. The Morgan fingerprint density at radius 3 is 2.54 bits per heavy atom. The summed E-state index contributed by atoms with van der Waals surface area (Å²) in [5.74, 6) is -0.809. The highest BCUT2D eigenvalue weighted by molar-refractivity contribution is 7.13. The summed E-state index contributed by atoms with van der Waals surface area (Å²) >= 11 is 1.55. The fraction of sp³-hybridized carbons (Fsp3) is 0.206. The van der Waals surface area contributed by atoms with Crippen molar-refractivity contribution < 1.29 is 23.5 Å². The number of fused-ring (bicyclic) bond motifs is 1. The summed E-state index contributed by atoms with van der Waals surface area (Å²) in [6.45, 7) is 5.65. The first kappa shape index (κ1) is 32.5. The Bertz CT molecular complexity index is 2040. The van der Waals surface area contributed by atoms with Crippen LogP contribution in [-0.4, -0.2) is 70.8 Å². The van der Waals surface area contributed by atoms with Crippen molar-refractivity contribution in [2.45, 2.75) is 13.5 Å². The van der Waals surface area contributed by atoms with Gasteiger partial charge in [-0.25, -0.2) is 24.4 Å². The minimum Gasteiger partial charge on any atom is -0.507 e. The number of urea groups is 1. The molecule has 14 heteroatoms.